The van der Waals surface area contributed by atoms with Gasteiger partial charge in [-0.25, -0.2) is 4.90 Å². The molecule has 0 saturated carbocycles. The van der Waals surface area contributed by atoms with E-state index in [1.807, 2.05) is 17.5 Å². The molecule has 136 valence electrons. The zero-order valence-corrected chi connectivity index (χ0v) is 17.6. The number of imide groups is 1. The average Bonchev–Trinajstić information content (AvgIpc) is 3.34. The van der Waals surface area contributed by atoms with E-state index in [-0.39, 0.29) is 17.7 Å². The Kier molecular flexibility index (Phi) is 4.29. The number of halogens is 1. The number of thiophene rings is 1. The Morgan fingerprint density at radius 1 is 1.11 bits per heavy atom. The number of nitrogens with one attached hydrogen (secondary N) is 1. The molecule has 1 N–H and O–H groups in total. The van der Waals surface area contributed by atoms with Crippen molar-refractivity contribution in [3.05, 3.63) is 60.5 Å². The van der Waals surface area contributed by atoms with Crippen LogP contribution in [0.25, 0.3) is 0 Å². The molecule has 0 aliphatic carbocycles. The first kappa shape index (κ1) is 17.6. The number of H-pyrrole nitrogens is 1. The summed E-state index contributed by atoms with van der Waals surface area (Å²) in [5.74, 6) is -0.943. The second kappa shape index (κ2) is 6.56. The quantitative estimate of drug-likeness (QED) is 0.424. The normalized spacial score (nSPS) is 24.2. The molecule has 1 aromatic carbocycles. The van der Waals surface area contributed by atoms with Gasteiger partial charge in [0, 0.05) is 20.7 Å². The molecule has 0 bridgehead atoms. The molecule has 2 aromatic heterocycles. The summed E-state index contributed by atoms with van der Waals surface area (Å²) in [4.78, 5) is 33.2. The van der Waals surface area contributed by atoms with Crippen molar-refractivity contribution in [2.24, 2.45) is 5.92 Å². The summed E-state index contributed by atoms with van der Waals surface area (Å²) in [5.41, 5.74) is 0.561. The summed E-state index contributed by atoms with van der Waals surface area (Å²) < 4.78 is 0.670. The van der Waals surface area contributed by atoms with Gasteiger partial charge < -0.3 is 4.98 Å². The van der Waals surface area contributed by atoms with Crippen LogP contribution < -0.4 is 4.90 Å². The summed E-state index contributed by atoms with van der Waals surface area (Å²) in [7, 11) is 0. The van der Waals surface area contributed by atoms with Gasteiger partial charge in [-0.15, -0.1) is 22.7 Å². The molecule has 0 spiro atoms. The third kappa shape index (κ3) is 2.74. The molecule has 3 aromatic rings. The number of thiazole rings is 1. The highest BCUT2D eigenvalue weighted by Gasteiger charge is 2.56. The number of carbonyl (C=O) groups is 2. The largest absolute Gasteiger partial charge is 0.332 e. The van der Waals surface area contributed by atoms with E-state index in [9.17, 15) is 9.59 Å². The topological polar surface area (TPSA) is 53.2 Å². The minimum Gasteiger partial charge on any atom is -0.332 e. The maximum atomic E-state index is 13.4. The van der Waals surface area contributed by atoms with Gasteiger partial charge in [-0.3, -0.25) is 9.59 Å². The first-order chi connectivity index (χ1) is 13.0. The molecule has 5 rings (SSSR count). The van der Waals surface area contributed by atoms with Crippen LogP contribution in [0.4, 0.5) is 5.69 Å². The molecule has 3 unspecified atom stereocenters. The summed E-state index contributed by atoms with van der Waals surface area (Å²) in [6.45, 7) is 0. The van der Waals surface area contributed by atoms with E-state index in [1.165, 1.54) is 28.0 Å². The highest BCUT2D eigenvalue weighted by molar-refractivity contribution is 8.01. The number of anilines is 1. The van der Waals surface area contributed by atoms with Crippen molar-refractivity contribution >= 4 is 75.8 Å². The maximum Gasteiger partial charge on any atom is 0.248 e. The van der Waals surface area contributed by atoms with Crippen molar-refractivity contribution in [3.63, 3.8) is 0 Å². The molecule has 1 saturated heterocycles. The third-order valence-corrected chi connectivity index (χ3v) is 8.72. The Morgan fingerprint density at radius 3 is 2.59 bits per heavy atom. The van der Waals surface area contributed by atoms with Crippen LogP contribution in [0.3, 0.4) is 0 Å². The molecule has 1 fully saturated rings. The number of rotatable bonds is 2. The van der Waals surface area contributed by atoms with Gasteiger partial charge in [0.05, 0.1) is 16.6 Å². The van der Waals surface area contributed by atoms with Gasteiger partial charge >= 0.3 is 0 Å². The predicted octanol–water partition coefficient (Wildman–Crippen LogP) is 5.32. The van der Waals surface area contributed by atoms with Crippen LogP contribution in [0.1, 0.15) is 15.7 Å². The van der Waals surface area contributed by atoms with Gasteiger partial charge in [-0.2, -0.15) is 0 Å². The van der Waals surface area contributed by atoms with Crippen molar-refractivity contribution in [1.82, 2.24) is 4.98 Å². The van der Waals surface area contributed by atoms with Crippen LogP contribution in [0.5, 0.6) is 0 Å². The lowest BCUT2D eigenvalue weighted by atomic mass is 9.87. The number of amides is 2. The molecule has 3 atom stereocenters. The van der Waals surface area contributed by atoms with Gasteiger partial charge in [0.2, 0.25) is 11.8 Å². The average molecular weight is 451 g/mol. The van der Waals surface area contributed by atoms with Gasteiger partial charge in [0.25, 0.3) is 0 Å². The molecular weight excluding hydrogens is 440 g/mol. The van der Waals surface area contributed by atoms with Crippen LogP contribution in [0.2, 0.25) is 5.02 Å². The highest BCUT2D eigenvalue weighted by Crippen LogP contribution is 2.54. The second-order valence-corrected chi connectivity index (χ2v) is 10.5. The number of nitrogens with zero attached hydrogens (tertiary/aromatic N) is 1. The molecule has 9 heteroatoms. The number of aromatic amines is 1. The fraction of sp³-hybridized carbons (Fsp3) is 0.167. The van der Waals surface area contributed by atoms with E-state index in [2.05, 4.69) is 4.98 Å². The number of hydrogen-bond acceptors (Lipinski definition) is 6. The minimum absolute atomic E-state index is 0.155. The van der Waals surface area contributed by atoms with Crippen molar-refractivity contribution < 1.29 is 9.59 Å². The molecular formula is C18H11ClN2O2S4. The number of benzene rings is 1. The molecule has 2 aliphatic heterocycles. The Labute approximate surface area is 177 Å². The first-order valence-corrected chi connectivity index (χ1v) is 11.5. The zero-order valence-electron chi connectivity index (χ0n) is 13.5. The van der Waals surface area contributed by atoms with Gasteiger partial charge in [-0.1, -0.05) is 29.4 Å². The van der Waals surface area contributed by atoms with E-state index in [0.29, 0.717) is 14.7 Å². The molecule has 4 nitrogen and oxygen atoms in total. The fourth-order valence-electron chi connectivity index (χ4n) is 3.64. The highest BCUT2D eigenvalue weighted by atomic mass is 35.5. The monoisotopic (exact) mass is 450 g/mol. The number of fused-ring (bicyclic) bond motifs is 2. The maximum absolute atomic E-state index is 13.4. The van der Waals surface area contributed by atoms with E-state index >= 15 is 0 Å². The van der Waals surface area contributed by atoms with Crippen LogP contribution >= 0.6 is 58.3 Å². The number of aromatic nitrogens is 1. The second-order valence-electron chi connectivity index (χ2n) is 6.25. The van der Waals surface area contributed by atoms with Crippen molar-refractivity contribution in [2.75, 3.05) is 4.90 Å². The lowest BCUT2D eigenvalue weighted by Crippen LogP contribution is -2.31. The number of thioether (sulfide) groups is 1. The summed E-state index contributed by atoms with van der Waals surface area (Å²) >= 11 is 15.8. The van der Waals surface area contributed by atoms with Crippen LogP contribution in [-0.2, 0) is 9.59 Å². The number of carbonyl (C=O) groups excluding carboxylic acids is 2. The molecule has 27 heavy (non-hydrogen) atoms. The standard InChI is InChI=1S/C18H11ClN2O2S4/c19-8-3-5-9(6-4-8)21-16(22)12-11(10-2-1-7-25-10)13-15(20-18(24)27-13)26-14(12)17(21)23/h1-7,11-12,14H,(H,20,24). The van der Waals surface area contributed by atoms with Crippen LogP contribution in [-0.4, -0.2) is 22.0 Å². The van der Waals surface area contributed by atoms with Gasteiger partial charge in [-0.05, 0) is 47.9 Å². The lowest BCUT2D eigenvalue weighted by Gasteiger charge is -2.28. The van der Waals surface area contributed by atoms with Crippen molar-refractivity contribution in [3.8, 4) is 0 Å². The molecule has 2 aliphatic rings. The van der Waals surface area contributed by atoms with Gasteiger partial charge in [0.1, 0.15) is 5.25 Å². The Bertz CT molecular complexity index is 1100. The first-order valence-electron chi connectivity index (χ1n) is 8.11. The lowest BCUT2D eigenvalue weighted by molar-refractivity contribution is -0.122. The summed E-state index contributed by atoms with van der Waals surface area (Å²) in [6, 6.07) is 10.8. The van der Waals surface area contributed by atoms with Crippen molar-refractivity contribution in [1.29, 1.82) is 0 Å². The predicted molar refractivity (Wildman–Crippen MR) is 113 cm³/mol. The van der Waals surface area contributed by atoms with Crippen LogP contribution in [0.15, 0.2) is 46.8 Å². The van der Waals surface area contributed by atoms with E-state index < -0.39 is 11.2 Å². The van der Waals surface area contributed by atoms with E-state index in [0.717, 1.165) is 14.8 Å². The smallest absolute Gasteiger partial charge is 0.248 e. The van der Waals surface area contributed by atoms with Crippen LogP contribution in [0, 0.1) is 9.87 Å². The zero-order chi connectivity index (χ0) is 18.7. The van der Waals surface area contributed by atoms with Gasteiger partial charge in [0.15, 0.2) is 3.95 Å². The van der Waals surface area contributed by atoms with E-state index in [1.54, 1.807) is 35.6 Å². The van der Waals surface area contributed by atoms with E-state index in [4.69, 9.17) is 23.8 Å². The molecule has 4 heterocycles. The third-order valence-electron chi connectivity index (χ3n) is 4.76. The fourth-order valence-corrected chi connectivity index (χ4v) is 7.67. The molecule has 0 radical (unpaired) electrons. The summed E-state index contributed by atoms with van der Waals surface area (Å²) in [6.07, 6.45) is 0. The molecule has 2 amide bonds. The van der Waals surface area contributed by atoms with Crippen molar-refractivity contribution in [2.45, 2.75) is 16.2 Å². The minimum atomic E-state index is -0.465. The summed E-state index contributed by atoms with van der Waals surface area (Å²) in [5, 5.41) is 3.00. The SMILES string of the molecule is O=C1C2Sc3[nH]c(=S)sc3C(c3cccs3)C2C(=O)N1c1ccc(Cl)cc1. The Hall–Kier alpha value is -1.45. The Balaban J connectivity index is 1.64. The Morgan fingerprint density at radius 2 is 1.89 bits per heavy atom. The number of hydrogen-bond donors (Lipinski definition) is 1.